The predicted molar refractivity (Wildman–Crippen MR) is 212 cm³/mol. The lowest BCUT2D eigenvalue weighted by Crippen LogP contribution is -2.55. The first-order chi connectivity index (χ1) is 23.6. The summed E-state index contributed by atoms with van der Waals surface area (Å²) in [6.45, 7) is 14.1. The second kappa shape index (κ2) is 8.84. The fraction of sp³-hybridized carbons (Fsp3) is 0.174. The van der Waals surface area contributed by atoms with Crippen molar-refractivity contribution in [3.63, 3.8) is 0 Å². The monoisotopic (exact) mass is 628 g/mol. The average molecular weight is 629 g/mol. The Kier molecular flexibility index (Phi) is 4.99. The van der Waals surface area contributed by atoms with Gasteiger partial charge in [-0.15, -0.1) is 0 Å². The van der Waals surface area contributed by atoms with Crippen molar-refractivity contribution < 1.29 is 0 Å². The summed E-state index contributed by atoms with van der Waals surface area (Å²) >= 11 is 0. The summed E-state index contributed by atoms with van der Waals surface area (Å²) in [6.07, 6.45) is 0. The molecule has 2 aliphatic heterocycles. The normalized spacial score (nSPS) is 13.9. The van der Waals surface area contributed by atoms with Crippen LogP contribution in [-0.4, -0.2) is 15.9 Å². The summed E-state index contributed by atoms with van der Waals surface area (Å²) in [4.78, 5) is 0. The van der Waals surface area contributed by atoms with E-state index in [2.05, 4.69) is 166 Å². The van der Waals surface area contributed by atoms with E-state index >= 15 is 0 Å². The highest BCUT2D eigenvalue weighted by molar-refractivity contribution is 6.92. The highest BCUT2D eigenvalue weighted by Gasteiger charge is 2.44. The summed E-state index contributed by atoms with van der Waals surface area (Å²) in [5, 5.41) is 10.7. The van der Waals surface area contributed by atoms with E-state index in [1.54, 1.807) is 0 Å². The molecule has 2 nitrogen and oxygen atoms in total. The number of para-hydroxylation sites is 1. The smallest absolute Gasteiger partial charge is 0.333 e. The van der Waals surface area contributed by atoms with Crippen LogP contribution in [0.1, 0.15) is 52.7 Å². The second-order valence-corrected chi connectivity index (χ2v) is 16.6. The SMILES string of the molecule is CC(C)(C)c1ccc2c(c1)c1cc(C(C)(C)C)cc3c1n2B1c2c(ccc4ccccc24)-n2c4ccccc4c4c5ccccc5c-3c1c42. The molecule has 0 unspecified atom stereocenters. The molecule has 9 aromatic rings. The van der Waals surface area contributed by atoms with Crippen LogP contribution in [0, 0.1) is 0 Å². The predicted octanol–water partition coefficient (Wildman–Crippen LogP) is 10.7. The van der Waals surface area contributed by atoms with Gasteiger partial charge in [-0.1, -0.05) is 120 Å². The lowest BCUT2D eigenvalue weighted by Gasteiger charge is -2.35. The van der Waals surface area contributed by atoms with E-state index in [1.165, 1.54) is 104 Å². The second-order valence-electron chi connectivity index (χ2n) is 16.6. The van der Waals surface area contributed by atoms with Gasteiger partial charge in [0.2, 0.25) is 0 Å². The van der Waals surface area contributed by atoms with Crippen LogP contribution < -0.4 is 10.9 Å². The Labute approximate surface area is 286 Å². The lowest BCUT2D eigenvalue weighted by atomic mass is 9.44. The average Bonchev–Trinajstić information content (AvgIpc) is 3.62. The highest BCUT2D eigenvalue weighted by atomic mass is 15.0. The minimum absolute atomic E-state index is 0.00750. The van der Waals surface area contributed by atoms with Gasteiger partial charge in [0.1, 0.15) is 0 Å². The lowest BCUT2D eigenvalue weighted by molar-refractivity contribution is 0.590. The molecule has 2 aromatic heterocycles. The molecule has 234 valence electrons. The maximum Gasteiger partial charge on any atom is 0.333 e. The van der Waals surface area contributed by atoms with Gasteiger partial charge in [0.15, 0.2) is 0 Å². The summed E-state index contributed by atoms with van der Waals surface area (Å²) in [6, 6.07) is 44.4. The Bertz CT molecular complexity index is 2960. The van der Waals surface area contributed by atoms with Crippen LogP contribution in [0.4, 0.5) is 0 Å². The molecule has 0 spiro atoms. The maximum absolute atomic E-state index is 2.74. The van der Waals surface area contributed by atoms with E-state index in [0.717, 1.165) is 0 Å². The van der Waals surface area contributed by atoms with Crippen LogP contribution in [0.2, 0.25) is 0 Å². The molecule has 0 saturated carbocycles. The molecule has 0 atom stereocenters. The van der Waals surface area contributed by atoms with Crippen molar-refractivity contribution in [2.75, 3.05) is 0 Å². The molecule has 0 bridgehead atoms. The van der Waals surface area contributed by atoms with Crippen LogP contribution in [0.5, 0.6) is 0 Å². The van der Waals surface area contributed by atoms with E-state index in [4.69, 9.17) is 0 Å². The van der Waals surface area contributed by atoms with E-state index < -0.39 is 0 Å². The van der Waals surface area contributed by atoms with Crippen molar-refractivity contribution in [3.05, 3.63) is 126 Å². The zero-order valence-electron chi connectivity index (χ0n) is 28.9. The zero-order valence-corrected chi connectivity index (χ0v) is 28.9. The summed E-state index contributed by atoms with van der Waals surface area (Å²) in [7, 11) is 0. The van der Waals surface area contributed by atoms with Crippen molar-refractivity contribution in [1.29, 1.82) is 0 Å². The van der Waals surface area contributed by atoms with Crippen LogP contribution >= 0.6 is 0 Å². The Hall–Kier alpha value is -5.28. The molecule has 0 fully saturated rings. The first-order valence-corrected chi connectivity index (χ1v) is 17.7. The molecule has 0 radical (unpaired) electrons. The number of benzene rings is 7. The molecule has 11 rings (SSSR count). The molecule has 3 heteroatoms. The minimum Gasteiger partial charge on any atom is -0.375 e. The fourth-order valence-corrected chi connectivity index (χ4v) is 9.47. The van der Waals surface area contributed by atoms with Crippen molar-refractivity contribution in [3.8, 4) is 16.8 Å². The Morgan fingerprint density at radius 1 is 0.490 bits per heavy atom. The molecule has 49 heavy (non-hydrogen) atoms. The molecule has 4 heterocycles. The third-order valence-corrected chi connectivity index (χ3v) is 11.8. The first-order valence-electron chi connectivity index (χ1n) is 17.7. The van der Waals surface area contributed by atoms with Crippen LogP contribution in [0.25, 0.3) is 82.0 Å². The van der Waals surface area contributed by atoms with E-state index in [-0.39, 0.29) is 17.7 Å². The number of aromatic nitrogens is 2. The van der Waals surface area contributed by atoms with Gasteiger partial charge in [-0.3, -0.25) is 0 Å². The molecule has 0 amide bonds. The third-order valence-electron chi connectivity index (χ3n) is 11.8. The van der Waals surface area contributed by atoms with Gasteiger partial charge in [-0.05, 0) is 96.4 Å². The maximum atomic E-state index is 2.74. The number of nitrogens with zero attached hydrogens (tertiary/aromatic N) is 2. The van der Waals surface area contributed by atoms with Gasteiger partial charge < -0.3 is 9.05 Å². The fourth-order valence-electron chi connectivity index (χ4n) is 9.47. The van der Waals surface area contributed by atoms with E-state index in [9.17, 15) is 0 Å². The minimum atomic E-state index is -0.00750. The summed E-state index contributed by atoms with van der Waals surface area (Å²) < 4.78 is 5.34. The largest absolute Gasteiger partial charge is 0.375 e. The van der Waals surface area contributed by atoms with Crippen molar-refractivity contribution in [2.24, 2.45) is 0 Å². The topological polar surface area (TPSA) is 9.86 Å². The van der Waals surface area contributed by atoms with Gasteiger partial charge in [0.05, 0.1) is 11.0 Å². The molecule has 0 aliphatic carbocycles. The molecule has 0 N–H and O–H groups in total. The van der Waals surface area contributed by atoms with Gasteiger partial charge in [0.25, 0.3) is 0 Å². The van der Waals surface area contributed by atoms with E-state index in [0.29, 0.717) is 0 Å². The van der Waals surface area contributed by atoms with Crippen LogP contribution in [-0.2, 0) is 10.8 Å². The number of hydrogen-bond donors (Lipinski definition) is 0. The molecule has 7 aromatic carbocycles. The quantitative estimate of drug-likeness (QED) is 0.148. The van der Waals surface area contributed by atoms with Gasteiger partial charge in [-0.2, -0.15) is 0 Å². The van der Waals surface area contributed by atoms with E-state index in [1.807, 2.05) is 0 Å². The summed E-state index contributed by atoms with van der Waals surface area (Å²) in [5.41, 5.74) is 15.0. The molecule has 2 aliphatic rings. The number of rotatable bonds is 0. The number of fused-ring (bicyclic) bond motifs is 16. The molecule has 0 saturated heterocycles. The number of hydrogen-bond acceptors (Lipinski definition) is 0. The third kappa shape index (κ3) is 3.34. The summed E-state index contributed by atoms with van der Waals surface area (Å²) in [5.74, 6) is 0. The molecular formula is C46H37BN2. The Morgan fingerprint density at radius 3 is 1.94 bits per heavy atom. The van der Waals surface area contributed by atoms with Crippen molar-refractivity contribution in [1.82, 2.24) is 9.05 Å². The Morgan fingerprint density at radius 2 is 1.16 bits per heavy atom. The standard InChI is InChI=1S/C46H37BN2/c1-45(2,3)27-20-22-37-33(23-27)34-24-28(46(4,5)6)25-35-39-30-15-9-10-16-31(30)40-32-17-11-12-18-36(32)48-38-21-19-26-13-7-8-14-29(26)41(38)47(42(39)44(40)48)49(37)43(34)35/h7-25H,1-6H3. The van der Waals surface area contributed by atoms with Gasteiger partial charge in [-0.25, -0.2) is 0 Å². The van der Waals surface area contributed by atoms with Gasteiger partial charge in [0, 0.05) is 43.8 Å². The molecular weight excluding hydrogens is 591 g/mol. The van der Waals surface area contributed by atoms with Crippen LogP contribution in [0.3, 0.4) is 0 Å². The van der Waals surface area contributed by atoms with Crippen molar-refractivity contribution in [2.45, 2.75) is 52.4 Å². The van der Waals surface area contributed by atoms with Crippen molar-refractivity contribution >= 4 is 82.9 Å². The Balaban J connectivity index is 1.48. The van der Waals surface area contributed by atoms with Gasteiger partial charge >= 0.3 is 6.85 Å². The highest BCUT2D eigenvalue weighted by Crippen LogP contribution is 2.49. The zero-order chi connectivity index (χ0) is 33.1. The first kappa shape index (κ1) is 27.7. The van der Waals surface area contributed by atoms with Crippen LogP contribution in [0.15, 0.2) is 115 Å².